The molecule has 2 heterocycles. The Kier molecular flexibility index (Phi) is 5.49. The fraction of sp³-hybridized carbons (Fsp3) is 0.250. The van der Waals surface area contributed by atoms with Gasteiger partial charge in [0.25, 0.3) is 11.8 Å². The average Bonchev–Trinajstić information content (AvgIpc) is 3.08. The van der Waals surface area contributed by atoms with E-state index in [0.717, 1.165) is 0 Å². The van der Waals surface area contributed by atoms with Gasteiger partial charge in [0, 0.05) is 31.4 Å². The molecular formula is C20H21FN4O2. The van der Waals surface area contributed by atoms with Crippen LogP contribution in [0, 0.1) is 5.82 Å². The van der Waals surface area contributed by atoms with Crippen molar-refractivity contribution >= 4 is 17.3 Å². The maximum Gasteiger partial charge on any atom is 0.287 e. The number of imidazole rings is 1. The minimum atomic E-state index is -0.474. The predicted molar refractivity (Wildman–Crippen MR) is 100 cm³/mol. The highest BCUT2D eigenvalue weighted by Crippen LogP contribution is 2.16. The summed E-state index contributed by atoms with van der Waals surface area (Å²) in [6.07, 6.45) is 1.68. The van der Waals surface area contributed by atoms with Crippen LogP contribution in [0.5, 0.6) is 0 Å². The van der Waals surface area contributed by atoms with Crippen molar-refractivity contribution in [1.82, 2.24) is 19.6 Å². The van der Waals surface area contributed by atoms with Crippen LogP contribution in [0.25, 0.3) is 5.52 Å². The maximum absolute atomic E-state index is 13.7. The molecule has 0 saturated carbocycles. The second-order valence-electron chi connectivity index (χ2n) is 5.99. The van der Waals surface area contributed by atoms with Crippen LogP contribution in [0.2, 0.25) is 0 Å². The molecule has 0 unspecified atom stereocenters. The molecule has 1 N–H and O–H groups in total. The minimum Gasteiger partial charge on any atom is -0.345 e. The van der Waals surface area contributed by atoms with Gasteiger partial charge in [0.15, 0.2) is 5.69 Å². The summed E-state index contributed by atoms with van der Waals surface area (Å²) in [4.78, 5) is 31.4. The van der Waals surface area contributed by atoms with Crippen molar-refractivity contribution in [3.8, 4) is 0 Å². The van der Waals surface area contributed by atoms with Gasteiger partial charge in [0.1, 0.15) is 5.82 Å². The van der Waals surface area contributed by atoms with Crippen molar-refractivity contribution in [3.63, 3.8) is 0 Å². The number of pyridine rings is 1. The third-order valence-corrected chi connectivity index (χ3v) is 4.40. The molecule has 0 saturated heterocycles. The van der Waals surface area contributed by atoms with Crippen molar-refractivity contribution in [2.75, 3.05) is 13.1 Å². The number of aromatic nitrogens is 2. The van der Waals surface area contributed by atoms with E-state index in [2.05, 4.69) is 10.3 Å². The number of hydrogen-bond acceptors (Lipinski definition) is 3. The number of carbonyl (C=O) groups excluding carboxylic acids is 2. The van der Waals surface area contributed by atoms with Gasteiger partial charge in [-0.1, -0.05) is 24.3 Å². The quantitative estimate of drug-likeness (QED) is 0.728. The molecule has 0 bridgehead atoms. The summed E-state index contributed by atoms with van der Waals surface area (Å²) >= 11 is 0. The number of hydrogen-bond donors (Lipinski definition) is 1. The van der Waals surface area contributed by atoms with Gasteiger partial charge in [0.2, 0.25) is 5.82 Å². The zero-order chi connectivity index (χ0) is 19.4. The van der Waals surface area contributed by atoms with Crippen LogP contribution in [-0.4, -0.2) is 39.2 Å². The number of benzene rings is 1. The zero-order valence-corrected chi connectivity index (χ0v) is 15.3. The summed E-state index contributed by atoms with van der Waals surface area (Å²) in [5, 5.41) is 2.67. The molecule has 2 amide bonds. The Labute approximate surface area is 156 Å². The summed E-state index contributed by atoms with van der Waals surface area (Å²) < 4.78 is 15.3. The highest BCUT2D eigenvalue weighted by atomic mass is 19.1. The first-order chi connectivity index (χ1) is 13.1. The van der Waals surface area contributed by atoms with E-state index >= 15 is 0 Å². The molecule has 0 aliphatic heterocycles. The van der Waals surface area contributed by atoms with E-state index in [9.17, 15) is 14.0 Å². The van der Waals surface area contributed by atoms with Gasteiger partial charge < -0.3 is 10.2 Å². The normalized spacial score (nSPS) is 10.8. The Morgan fingerprint density at radius 2 is 1.81 bits per heavy atom. The standard InChI is InChI=1S/C20H21FN4O2/c1-3-24(4-2)20(27)17-16-11-7-8-12-25(16)18(23-17)19(26)22-13-14-9-5-6-10-15(14)21/h5-12H,3-4,13H2,1-2H3,(H,22,26). The number of carbonyl (C=O) groups is 2. The van der Waals surface area contributed by atoms with Gasteiger partial charge in [0.05, 0.1) is 5.52 Å². The van der Waals surface area contributed by atoms with Crippen LogP contribution in [0.1, 0.15) is 40.5 Å². The molecule has 0 spiro atoms. The molecule has 3 rings (SSSR count). The number of fused-ring (bicyclic) bond motifs is 1. The van der Waals surface area contributed by atoms with E-state index in [0.29, 0.717) is 24.2 Å². The monoisotopic (exact) mass is 368 g/mol. The van der Waals surface area contributed by atoms with E-state index in [1.54, 1.807) is 51.9 Å². The van der Waals surface area contributed by atoms with Gasteiger partial charge in [-0.2, -0.15) is 0 Å². The Hall–Kier alpha value is -3.22. The smallest absolute Gasteiger partial charge is 0.287 e. The van der Waals surface area contributed by atoms with Crippen molar-refractivity contribution in [2.45, 2.75) is 20.4 Å². The van der Waals surface area contributed by atoms with Crippen LogP contribution in [0.4, 0.5) is 4.39 Å². The predicted octanol–water partition coefficient (Wildman–Crippen LogP) is 2.89. The van der Waals surface area contributed by atoms with E-state index < -0.39 is 5.91 Å². The molecule has 0 aliphatic carbocycles. The number of halogens is 1. The molecule has 140 valence electrons. The molecule has 0 aliphatic rings. The van der Waals surface area contributed by atoms with E-state index in [-0.39, 0.29) is 29.8 Å². The SMILES string of the molecule is CCN(CC)C(=O)c1nc(C(=O)NCc2ccccc2F)n2ccccc12. The number of nitrogens with one attached hydrogen (secondary N) is 1. The van der Waals surface area contributed by atoms with Crippen LogP contribution < -0.4 is 5.32 Å². The molecule has 6 nitrogen and oxygen atoms in total. The molecular weight excluding hydrogens is 347 g/mol. The Morgan fingerprint density at radius 3 is 2.52 bits per heavy atom. The molecule has 27 heavy (non-hydrogen) atoms. The highest BCUT2D eigenvalue weighted by molar-refractivity contribution is 6.02. The Balaban J connectivity index is 1.91. The van der Waals surface area contributed by atoms with Crippen molar-refractivity contribution in [2.24, 2.45) is 0 Å². The van der Waals surface area contributed by atoms with Gasteiger partial charge in [-0.25, -0.2) is 9.37 Å². The van der Waals surface area contributed by atoms with Crippen LogP contribution >= 0.6 is 0 Å². The first kappa shape index (κ1) is 18.6. The zero-order valence-electron chi connectivity index (χ0n) is 15.3. The van der Waals surface area contributed by atoms with Crippen LogP contribution in [0.15, 0.2) is 48.7 Å². The van der Waals surface area contributed by atoms with Gasteiger partial charge in [-0.05, 0) is 32.0 Å². The molecule has 0 atom stereocenters. The largest absolute Gasteiger partial charge is 0.345 e. The van der Waals surface area contributed by atoms with E-state index in [1.807, 2.05) is 13.8 Å². The van der Waals surface area contributed by atoms with Crippen molar-refractivity contribution in [1.29, 1.82) is 0 Å². The number of rotatable bonds is 6. The summed E-state index contributed by atoms with van der Waals surface area (Å²) in [7, 11) is 0. The molecule has 3 aromatic rings. The fourth-order valence-corrected chi connectivity index (χ4v) is 2.91. The molecule has 0 fully saturated rings. The summed E-state index contributed by atoms with van der Waals surface area (Å²) in [5.74, 6) is -0.990. The number of nitrogens with zero attached hydrogens (tertiary/aromatic N) is 3. The van der Waals surface area contributed by atoms with Gasteiger partial charge >= 0.3 is 0 Å². The van der Waals surface area contributed by atoms with E-state index in [4.69, 9.17) is 0 Å². The molecule has 7 heteroatoms. The summed E-state index contributed by atoms with van der Waals surface area (Å²) in [6.45, 7) is 4.92. The molecule has 1 aromatic carbocycles. The van der Waals surface area contributed by atoms with Crippen LogP contribution in [0.3, 0.4) is 0 Å². The molecule has 2 aromatic heterocycles. The average molecular weight is 368 g/mol. The topological polar surface area (TPSA) is 66.7 Å². The second kappa shape index (κ2) is 7.99. The second-order valence-corrected chi connectivity index (χ2v) is 5.99. The van der Waals surface area contributed by atoms with Crippen molar-refractivity contribution in [3.05, 3.63) is 71.6 Å². The lowest BCUT2D eigenvalue weighted by Crippen LogP contribution is -2.31. The third-order valence-electron chi connectivity index (χ3n) is 4.40. The summed E-state index contributed by atoms with van der Waals surface area (Å²) in [6, 6.07) is 11.5. The lowest BCUT2D eigenvalue weighted by Gasteiger charge is -2.17. The maximum atomic E-state index is 13.7. The van der Waals surface area contributed by atoms with Crippen LogP contribution in [-0.2, 0) is 6.54 Å². The lowest BCUT2D eigenvalue weighted by molar-refractivity contribution is 0.0769. The van der Waals surface area contributed by atoms with Gasteiger partial charge in [-0.15, -0.1) is 0 Å². The minimum absolute atomic E-state index is 0.0343. The third kappa shape index (κ3) is 3.67. The number of amides is 2. The first-order valence-electron chi connectivity index (χ1n) is 8.84. The Morgan fingerprint density at radius 1 is 1.11 bits per heavy atom. The fourth-order valence-electron chi connectivity index (χ4n) is 2.91. The Bertz CT molecular complexity index is 979. The summed E-state index contributed by atoms with van der Waals surface area (Å²) in [5.41, 5.74) is 1.17. The lowest BCUT2D eigenvalue weighted by atomic mass is 10.2. The van der Waals surface area contributed by atoms with Crippen molar-refractivity contribution < 1.29 is 14.0 Å². The highest BCUT2D eigenvalue weighted by Gasteiger charge is 2.23. The first-order valence-corrected chi connectivity index (χ1v) is 8.84. The molecule has 0 radical (unpaired) electrons. The van der Waals surface area contributed by atoms with E-state index in [1.165, 1.54) is 6.07 Å². The van der Waals surface area contributed by atoms with Gasteiger partial charge in [-0.3, -0.25) is 14.0 Å².